The van der Waals surface area contributed by atoms with Gasteiger partial charge < -0.3 is 9.80 Å². The molecule has 24 heavy (non-hydrogen) atoms. The van der Waals surface area contributed by atoms with Crippen molar-refractivity contribution in [2.75, 3.05) is 31.1 Å². The molecule has 0 aliphatic carbocycles. The summed E-state index contributed by atoms with van der Waals surface area (Å²) in [6.07, 6.45) is 0. The number of carbonyl (C=O) groups excluding carboxylic acids is 2. The van der Waals surface area contributed by atoms with Crippen molar-refractivity contribution in [3.8, 4) is 0 Å². The molecule has 3 rings (SSSR count). The molecular weight excluding hydrogens is 302 g/mol. The maximum atomic E-state index is 12.6. The zero-order valence-electron chi connectivity index (χ0n) is 14.0. The number of amides is 1. The summed E-state index contributed by atoms with van der Waals surface area (Å²) in [5, 5.41) is 0. The highest BCUT2D eigenvalue weighted by atomic mass is 16.2. The number of aryl methyl sites for hydroxylation is 1. The van der Waals surface area contributed by atoms with Gasteiger partial charge in [0.15, 0.2) is 5.78 Å². The van der Waals surface area contributed by atoms with Gasteiger partial charge in [-0.15, -0.1) is 0 Å². The average Bonchev–Trinajstić information content (AvgIpc) is 2.62. The second-order valence-corrected chi connectivity index (χ2v) is 5.99. The first-order valence-electron chi connectivity index (χ1n) is 8.14. The fourth-order valence-electron chi connectivity index (χ4n) is 2.96. The molecule has 0 N–H and O–H groups in total. The Bertz CT molecular complexity index is 750. The maximum Gasteiger partial charge on any atom is 0.219 e. The van der Waals surface area contributed by atoms with Gasteiger partial charge in [-0.05, 0) is 19.1 Å². The minimum atomic E-state index is -0.00597. The number of hydrogen-bond donors (Lipinski definition) is 0. The highest BCUT2D eigenvalue weighted by molar-refractivity contribution is 6.09. The van der Waals surface area contributed by atoms with Gasteiger partial charge >= 0.3 is 0 Å². The van der Waals surface area contributed by atoms with E-state index in [4.69, 9.17) is 0 Å². The van der Waals surface area contributed by atoms with Gasteiger partial charge in [0.25, 0.3) is 0 Å². The first kappa shape index (κ1) is 16.2. The summed E-state index contributed by atoms with van der Waals surface area (Å²) >= 11 is 0. The van der Waals surface area contributed by atoms with E-state index in [0.717, 1.165) is 24.6 Å². The Balaban J connectivity index is 1.76. The number of nitrogens with zero attached hydrogens (tertiary/aromatic N) is 3. The summed E-state index contributed by atoms with van der Waals surface area (Å²) in [6, 6.07) is 13.0. The largest absolute Gasteiger partial charge is 0.353 e. The molecule has 0 saturated carbocycles. The molecule has 2 heterocycles. The fraction of sp³-hybridized carbons (Fsp3) is 0.316. The summed E-state index contributed by atoms with van der Waals surface area (Å²) < 4.78 is 0. The van der Waals surface area contributed by atoms with E-state index in [2.05, 4.69) is 9.88 Å². The third kappa shape index (κ3) is 3.30. The zero-order chi connectivity index (χ0) is 17.1. The molecule has 2 aromatic rings. The van der Waals surface area contributed by atoms with Crippen molar-refractivity contribution in [2.45, 2.75) is 13.8 Å². The van der Waals surface area contributed by atoms with Crippen molar-refractivity contribution in [1.82, 2.24) is 9.88 Å². The van der Waals surface area contributed by atoms with Gasteiger partial charge in [0.05, 0.1) is 5.69 Å². The van der Waals surface area contributed by atoms with E-state index in [1.807, 2.05) is 54.3 Å². The molecule has 1 aliphatic heterocycles. The number of benzene rings is 1. The van der Waals surface area contributed by atoms with E-state index < -0.39 is 0 Å². The Morgan fingerprint density at radius 3 is 2.21 bits per heavy atom. The number of piperazine rings is 1. The van der Waals surface area contributed by atoms with E-state index in [9.17, 15) is 9.59 Å². The molecule has 1 amide bonds. The third-order valence-corrected chi connectivity index (χ3v) is 4.40. The summed E-state index contributed by atoms with van der Waals surface area (Å²) in [6.45, 7) is 6.41. The van der Waals surface area contributed by atoms with Gasteiger partial charge in [0.1, 0.15) is 5.82 Å². The predicted molar refractivity (Wildman–Crippen MR) is 93.3 cm³/mol. The van der Waals surface area contributed by atoms with Crippen LogP contribution in [-0.2, 0) is 4.79 Å². The van der Waals surface area contributed by atoms with Crippen molar-refractivity contribution in [1.29, 1.82) is 0 Å². The SMILES string of the molecule is CC(=O)N1CCN(c2ccc(C(=O)c3ccccc3)c(C)n2)CC1. The monoisotopic (exact) mass is 323 g/mol. The summed E-state index contributed by atoms with van der Waals surface area (Å²) in [4.78, 5) is 32.6. The van der Waals surface area contributed by atoms with E-state index in [-0.39, 0.29) is 11.7 Å². The molecule has 1 aromatic carbocycles. The first-order valence-corrected chi connectivity index (χ1v) is 8.14. The van der Waals surface area contributed by atoms with Crippen molar-refractivity contribution in [3.63, 3.8) is 0 Å². The molecule has 1 saturated heterocycles. The molecule has 124 valence electrons. The highest BCUT2D eigenvalue weighted by Gasteiger charge is 2.20. The molecule has 1 fully saturated rings. The van der Waals surface area contributed by atoms with Gasteiger partial charge in [-0.1, -0.05) is 30.3 Å². The lowest BCUT2D eigenvalue weighted by molar-refractivity contribution is -0.129. The molecule has 0 atom stereocenters. The van der Waals surface area contributed by atoms with Crippen LogP contribution in [0.5, 0.6) is 0 Å². The van der Waals surface area contributed by atoms with Crippen molar-refractivity contribution in [3.05, 3.63) is 59.3 Å². The highest BCUT2D eigenvalue weighted by Crippen LogP contribution is 2.19. The molecule has 5 nitrogen and oxygen atoms in total. The Morgan fingerprint density at radius 2 is 1.62 bits per heavy atom. The fourth-order valence-corrected chi connectivity index (χ4v) is 2.96. The van der Waals surface area contributed by atoms with Gasteiger partial charge in [0.2, 0.25) is 5.91 Å². The maximum absolute atomic E-state index is 12.6. The predicted octanol–water partition coefficient (Wildman–Crippen LogP) is 2.29. The number of carbonyl (C=O) groups is 2. The molecule has 1 aliphatic rings. The van der Waals surface area contributed by atoms with Crippen molar-refractivity contribution >= 4 is 17.5 Å². The second-order valence-electron chi connectivity index (χ2n) is 5.99. The standard InChI is InChI=1S/C19H21N3O2/c1-14-17(19(24)16-6-4-3-5-7-16)8-9-18(20-14)22-12-10-21(11-13-22)15(2)23/h3-9H,10-13H2,1-2H3. The zero-order valence-corrected chi connectivity index (χ0v) is 14.0. The molecule has 5 heteroatoms. The minimum Gasteiger partial charge on any atom is -0.353 e. The number of rotatable bonds is 3. The van der Waals surface area contributed by atoms with Crippen LogP contribution in [-0.4, -0.2) is 47.8 Å². The second kappa shape index (κ2) is 6.83. The van der Waals surface area contributed by atoms with Gasteiger partial charge in [-0.25, -0.2) is 4.98 Å². The average molecular weight is 323 g/mol. The van der Waals surface area contributed by atoms with Crippen LogP contribution in [0.4, 0.5) is 5.82 Å². The molecule has 0 bridgehead atoms. The summed E-state index contributed by atoms with van der Waals surface area (Å²) in [5.41, 5.74) is 2.04. The lowest BCUT2D eigenvalue weighted by atomic mass is 10.0. The summed E-state index contributed by atoms with van der Waals surface area (Å²) in [7, 11) is 0. The van der Waals surface area contributed by atoms with Gasteiger partial charge in [-0.2, -0.15) is 0 Å². The van der Waals surface area contributed by atoms with Crippen LogP contribution in [0.15, 0.2) is 42.5 Å². The van der Waals surface area contributed by atoms with Crippen LogP contribution < -0.4 is 4.90 Å². The quantitative estimate of drug-likeness (QED) is 0.813. The van der Waals surface area contributed by atoms with Crippen LogP contribution in [0.1, 0.15) is 28.5 Å². The van der Waals surface area contributed by atoms with Gasteiger partial charge in [-0.3, -0.25) is 9.59 Å². The number of anilines is 1. The Labute approximate surface area is 141 Å². The van der Waals surface area contributed by atoms with Gasteiger partial charge in [0, 0.05) is 44.2 Å². The molecule has 0 radical (unpaired) electrons. The minimum absolute atomic E-state index is 0.00597. The Hall–Kier alpha value is -2.69. The molecule has 1 aromatic heterocycles. The Kier molecular flexibility index (Phi) is 4.60. The normalized spacial score (nSPS) is 14.6. The lowest BCUT2D eigenvalue weighted by Gasteiger charge is -2.35. The molecular formula is C19H21N3O2. The van der Waals surface area contributed by atoms with Crippen molar-refractivity contribution < 1.29 is 9.59 Å². The number of ketones is 1. The third-order valence-electron chi connectivity index (χ3n) is 4.40. The van der Waals surface area contributed by atoms with Crippen LogP contribution >= 0.6 is 0 Å². The molecule has 0 spiro atoms. The van der Waals surface area contributed by atoms with E-state index in [1.165, 1.54) is 0 Å². The van der Waals surface area contributed by atoms with Crippen LogP contribution in [0.3, 0.4) is 0 Å². The van der Waals surface area contributed by atoms with Crippen LogP contribution in [0, 0.1) is 6.92 Å². The van der Waals surface area contributed by atoms with E-state index in [0.29, 0.717) is 24.2 Å². The number of hydrogen-bond acceptors (Lipinski definition) is 4. The van der Waals surface area contributed by atoms with Crippen molar-refractivity contribution in [2.24, 2.45) is 0 Å². The number of aromatic nitrogens is 1. The Morgan fingerprint density at radius 1 is 0.958 bits per heavy atom. The topological polar surface area (TPSA) is 53.5 Å². The summed E-state index contributed by atoms with van der Waals surface area (Å²) in [5.74, 6) is 0.969. The first-order chi connectivity index (χ1) is 11.6. The van der Waals surface area contributed by atoms with Crippen LogP contribution in [0.25, 0.3) is 0 Å². The smallest absolute Gasteiger partial charge is 0.219 e. The van der Waals surface area contributed by atoms with E-state index >= 15 is 0 Å². The number of pyridine rings is 1. The van der Waals surface area contributed by atoms with Crippen LogP contribution in [0.2, 0.25) is 0 Å². The molecule has 0 unspecified atom stereocenters. The van der Waals surface area contributed by atoms with E-state index in [1.54, 1.807) is 6.92 Å². The lowest BCUT2D eigenvalue weighted by Crippen LogP contribution is -2.48.